The second kappa shape index (κ2) is 3.77. The van der Waals surface area contributed by atoms with Crippen molar-refractivity contribution in [3.63, 3.8) is 0 Å². The van der Waals surface area contributed by atoms with Crippen molar-refractivity contribution in [1.29, 1.82) is 0 Å². The number of carboxylic acids is 1. The summed E-state index contributed by atoms with van der Waals surface area (Å²) in [5.74, 6) is -1.19. The first-order valence-electron chi connectivity index (χ1n) is 3.76. The molecular formula is C7H10N4O3. The molecule has 14 heavy (non-hydrogen) atoms. The molecule has 0 aliphatic carbocycles. The Kier molecular flexibility index (Phi) is 2.70. The number of aromatic nitrogens is 2. The highest BCUT2D eigenvalue weighted by Crippen LogP contribution is 2.07. The van der Waals surface area contributed by atoms with Crippen molar-refractivity contribution in [1.82, 2.24) is 9.78 Å². The summed E-state index contributed by atoms with van der Waals surface area (Å²) in [5, 5.41) is 23.5. The lowest BCUT2D eigenvalue weighted by Gasteiger charge is -1.95. The zero-order valence-corrected chi connectivity index (χ0v) is 7.51. The van der Waals surface area contributed by atoms with Crippen LogP contribution in [0.25, 0.3) is 0 Å². The Hall–Kier alpha value is -2.05. The van der Waals surface area contributed by atoms with Gasteiger partial charge in [0.25, 0.3) is 0 Å². The summed E-state index contributed by atoms with van der Waals surface area (Å²) in [5.41, 5.74) is 5.58. The van der Waals surface area contributed by atoms with E-state index in [-0.39, 0.29) is 18.0 Å². The van der Waals surface area contributed by atoms with Crippen LogP contribution in [0.1, 0.15) is 16.1 Å². The van der Waals surface area contributed by atoms with Crippen molar-refractivity contribution in [3.05, 3.63) is 17.5 Å². The predicted molar refractivity (Wildman–Crippen MR) is 47.3 cm³/mol. The van der Waals surface area contributed by atoms with Gasteiger partial charge in [-0.1, -0.05) is 5.16 Å². The molecule has 0 aliphatic heterocycles. The summed E-state index contributed by atoms with van der Waals surface area (Å²) in [6.45, 7) is 0. The van der Waals surface area contributed by atoms with Crippen molar-refractivity contribution in [3.8, 4) is 0 Å². The molecule has 76 valence electrons. The van der Waals surface area contributed by atoms with E-state index in [0.717, 1.165) is 0 Å². The second-order valence-corrected chi connectivity index (χ2v) is 2.75. The molecule has 0 aliphatic rings. The Morgan fingerprint density at radius 3 is 2.93 bits per heavy atom. The van der Waals surface area contributed by atoms with Gasteiger partial charge in [-0.25, -0.2) is 4.79 Å². The average Bonchev–Trinajstić information content (AvgIpc) is 2.46. The van der Waals surface area contributed by atoms with Crippen molar-refractivity contribution < 1.29 is 15.1 Å². The molecule has 1 heterocycles. The molecule has 0 fully saturated rings. The third-order valence-corrected chi connectivity index (χ3v) is 1.61. The topological polar surface area (TPSA) is 114 Å². The fourth-order valence-electron chi connectivity index (χ4n) is 1.08. The number of oxime groups is 1. The zero-order valence-electron chi connectivity index (χ0n) is 7.51. The standard InChI is InChI=1S/C7H10N4O3/c1-11-3-4(2-5(8)10-14)6(9-11)7(12)13/h3,14H,2H2,1H3,(H2,8,10)(H,12,13). The van der Waals surface area contributed by atoms with Gasteiger partial charge in [0.15, 0.2) is 5.69 Å². The van der Waals surface area contributed by atoms with Crippen LogP contribution >= 0.6 is 0 Å². The smallest absolute Gasteiger partial charge is 0.356 e. The highest BCUT2D eigenvalue weighted by molar-refractivity contribution is 5.90. The Balaban J connectivity index is 3.01. The van der Waals surface area contributed by atoms with E-state index in [4.69, 9.17) is 16.0 Å². The summed E-state index contributed by atoms with van der Waals surface area (Å²) in [6, 6.07) is 0. The molecule has 0 saturated carbocycles. The molecule has 0 atom stereocenters. The van der Waals surface area contributed by atoms with Crippen molar-refractivity contribution in [2.75, 3.05) is 0 Å². The number of aromatic carboxylic acids is 1. The van der Waals surface area contributed by atoms with Crippen LogP contribution in [0, 0.1) is 0 Å². The maximum absolute atomic E-state index is 10.7. The van der Waals surface area contributed by atoms with Gasteiger partial charge in [-0.3, -0.25) is 4.68 Å². The average molecular weight is 198 g/mol. The fourth-order valence-corrected chi connectivity index (χ4v) is 1.08. The monoisotopic (exact) mass is 198 g/mol. The normalized spacial score (nSPS) is 11.6. The van der Waals surface area contributed by atoms with E-state index in [1.165, 1.54) is 10.9 Å². The largest absolute Gasteiger partial charge is 0.476 e. The minimum Gasteiger partial charge on any atom is -0.476 e. The van der Waals surface area contributed by atoms with Gasteiger partial charge < -0.3 is 16.0 Å². The van der Waals surface area contributed by atoms with E-state index < -0.39 is 5.97 Å². The van der Waals surface area contributed by atoms with Gasteiger partial charge in [-0.15, -0.1) is 0 Å². The number of aryl methyl sites for hydroxylation is 1. The maximum atomic E-state index is 10.7. The van der Waals surface area contributed by atoms with Gasteiger partial charge in [0.2, 0.25) is 0 Å². The van der Waals surface area contributed by atoms with E-state index in [0.29, 0.717) is 5.56 Å². The van der Waals surface area contributed by atoms with Gasteiger partial charge in [-0.05, 0) is 0 Å². The Labute approximate surface area is 79.4 Å². The van der Waals surface area contributed by atoms with Crippen molar-refractivity contribution in [2.45, 2.75) is 6.42 Å². The second-order valence-electron chi connectivity index (χ2n) is 2.75. The van der Waals surface area contributed by atoms with Crippen LogP contribution in [0.5, 0.6) is 0 Å². The van der Waals surface area contributed by atoms with Crippen LogP contribution in [0.15, 0.2) is 11.4 Å². The van der Waals surface area contributed by atoms with Crippen molar-refractivity contribution in [2.24, 2.45) is 17.9 Å². The lowest BCUT2D eigenvalue weighted by atomic mass is 10.2. The third-order valence-electron chi connectivity index (χ3n) is 1.61. The van der Waals surface area contributed by atoms with E-state index in [1.54, 1.807) is 7.05 Å². The molecule has 1 aromatic rings. The first kappa shape index (κ1) is 10.0. The zero-order chi connectivity index (χ0) is 10.7. The van der Waals surface area contributed by atoms with Gasteiger partial charge in [0.1, 0.15) is 5.84 Å². The number of carbonyl (C=O) groups is 1. The molecule has 0 radical (unpaired) electrons. The first-order valence-corrected chi connectivity index (χ1v) is 3.76. The number of hydrogen-bond donors (Lipinski definition) is 3. The Morgan fingerprint density at radius 1 is 1.79 bits per heavy atom. The molecule has 0 unspecified atom stereocenters. The van der Waals surface area contributed by atoms with Crippen LogP contribution < -0.4 is 5.73 Å². The molecule has 0 saturated heterocycles. The first-order chi connectivity index (χ1) is 6.54. The molecule has 1 rings (SSSR count). The lowest BCUT2D eigenvalue weighted by Crippen LogP contribution is -2.16. The van der Waals surface area contributed by atoms with E-state index >= 15 is 0 Å². The van der Waals surface area contributed by atoms with Gasteiger partial charge in [-0.2, -0.15) is 5.10 Å². The van der Waals surface area contributed by atoms with Crippen LogP contribution in [-0.4, -0.2) is 31.9 Å². The number of hydrogen-bond acceptors (Lipinski definition) is 4. The third kappa shape index (κ3) is 2.00. The number of nitrogens with two attached hydrogens (primary N) is 1. The molecule has 7 nitrogen and oxygen atoms in total. The molecule has 0 spiro atoms. The van der Waals surface area contributed by atoms with Gasteiger partial charge in [0.05, 0.1) is 0 Å². The van der Waals surface area contributed by atoms with Crippen LogP contribution in [0.4, 0.5) is 0 Å². The lowest BCUT2D eigenvalue weighted by molar-refractivity contribution is 0.0688. The van der Waals surface area contributed by atoms with E-state index in [2.05, 4.69) is 10.3 Å². The number of nitrogens with zero attached hydrogens (tertiary/aromatic N) is 3. The maximum Gasteiger partial charge on any atom is 0.356 e. The minimum atomic E-state index is -1.13. The van der Waals surface area contributed by atoms with Crippen LogP contribution in [0.3, 0.4) is 0 Å². The highest BCUT2D eigenvalue weighted by atomic mass is 16.4. The quantitative estimate of drug-likeness (QED) is 0.260. The van der Waals surface area contributed by atoms with Crippen LogP contribution in [0.2, 0.25) is 0 Å². The Morgan fingerprint density at radius 2 is 2.43 bits per heavy atom. The summed E-state index contributed by atoms with van der Waals surface area (Å²) in [4.78, 5) is 10.7. The summed E-state index contributed by atoms with van der Waals surface area (Å²) in [7, 11) is 1.60. The molecule has 7 heteroatoms. The predicted octanol–water partition coefficient (Wildman–Crippen LogP) is -0.593. The van der Waals surface area contributed by atoms with Gasteiger partial charge >= 0.3 is 5.97 Å². The minimum absolute atomic E-state index is 0.0551. The molecule has 4 N–H and O–H groups in total. The highest BCUT2D eigenvalue weighted by Gasteiger charge is 2.15. The molecular weight excluding hydrogens is 188 g/mol. The van der Waals surface area contributed by atoms with Crippen molar-refractivity contribution >= 4 is 11.8 Å². The van der Waals surface area contributed by atoms with E-state index in [1.807, 2.05) is 0 Å². The molecule has 0 bridgehead atoms. The molecule has 1 aromatic heterocycles. The summed E-state index contributed by atoms with van der Waals surface area (Å²) in [6.07, 6.45) is 1.58. The summed E-state index contributed by atoms with van der Waals surface area (Å²) < 4.78 is 1.36. The molecule has 0 aromatic carbocycles. The van der Waals surface area contributed by atoms with Gasteiger partial charge in [0, 0.05) is 25.2 Å². The van der Waals surface area contributed by atoms with E-state index in [9.17, 15) is 4.79 Å². The summed E-state index contributed by atoms with van der Waals surface area (Å²) >= 11 is 0. The number of rotatable bonds is 3. The fraction of sp³-hybridized carbons (Fsp3) is 0.286. The number of carboxylic acid groups (broad SMARTS) is 1. The SMILES string of the molecule is Cn1cc(C/C(N)=N/O)c(C(=O)O)n1. The molecule has 0 amide bonds. The van der Waals surface area contributed by atoms with Crippen LogP contribution in [-0.2, 0) is 13.5 Å². The number of amidine groups is 1. The Bertz CT molecular complexity index is 382.